The van der Waals surface area contributed by atoms with Crippen molar-refractivity contribution < 1.29 is 53.5 Å². The van der Waals surface area contributed by atoms with Crippen LogP contribution in [-0.4, -0.2) is 96.8 Å². The van der Waals surface area contributed by atoms with Crippen LogP contribution in [0.2, 0.25) is 0 Å². The SMILES string of the molecule is C=C(C)C(=O)OCC(O)COC(=O)C(=C)C.CC(CCO)CCOC(=O)C(=O)NCCNC(=O)C(C)O.CC=CC. The number of carbonyl (C=O) groups excluding carboxylic acids is 5. The van der Waals surface area contributed by atoms with E-state index in [1.54, 1.807) is 0 Å². The molecule has 0 spiro atoms. The first-order valence-electron chi connectivity index (χ1n) is 13.1. The van der Waals surface area contributed by atoms with Crippen molar-refractivity contribution in [2.75, 3.05) is 39.5 Å². The zero-order valence-corrected chi connectivity index (χ0v) is 25.1. The lowest BCUT2D eigenvalue weighted by Crippen LogP contribution is -2.40. The first-order chi connectivity index (χ1) is 19.1. The lowest BCUT2D eigenvalue weighted by atomic mass is 10.1. The maximum atomic E-state index is 11.3. The molecular formula is C28H48N2O11. The monoisotopic (exact) mass is 588 g/mol. The molecule has 236 valence electrons. The molecule has 0 aliphatic rings. The van der Waals surface area contributed by atoms with E-state index in [1.807, 2.05) is 32.9 Å². The summed E-state index contributed by atoms with van der Waals surface area (Å²) in [7, 11) is 0. The second-order valence-corrected chi connectivity index (χ2v) is 8.84. The zero-order valence-electron chi connectivity index (χ0n) is 25.1. The average Bonchev–Trinajstić information content (AvgIpc) is 2.92. The maximum absolute atomic E-state index is 11.3. The van der Waals surface area contributed by atoms with Crippen molar-refractivity contribution in [3.63, 3.8) is 0 Å². The molecule has 13 heteroatoms. The minimum Gasteiger partial charge on any atom is -0.459 e. The molecule has 0 aromatic rings. The molecule has 0 rings (SSSR count). The number of rotatable bonds is 15. The smallest absolute Gasteiger partial charge is 0.396 e. The van der Waals surface area contributed by atoms with Gasteiger partial charge in [-0.3, -0.25) is 9.59 Å². The van der Waals surface area contributed by atoms with E-state index in [1.165, 1.54) is 20.8 Å². The minimum absolute atomic E-state index is 0.0628. The van der Waals surface area contributed by atoms with Crippen LogP contribution in [-0.2, 0) is 38.2 Å². The molecular weight excluding hydrogens is 540 g/mol. The fourth-order valence-electron chi connectivity index (χ4n) is 2.00. The van der Waals surface area contributed by atoms with Crippen molar-refractivity contribution in [1.29, 1.82) is 0 Å². The fourth-order valence-corrected chi connectivity index (χ4v) is 2.00. The lowest BCUT2D eigenvalue weighted by molar-refractivity contribution is -0.155. The second-order valence-electron chi connectivity index (χ2n) is 8.84. The summed E-state index contributed by atoms with van der Waals surface area (Å²) < 4.78 is 14.1. The molecule has 0 bridgehead atoms. The van der Waals surface area contributed by atoms with Gasteiger partial charge in [0.15, 0.2) is 0 Å². The number of aliphatic hydroxyl groups is 3. The average molecular weight is 589 g/mol. The van der Waals surface area contributed by atoms with E-state index in [-0.39, 0.29) is 56.6 Å². The van der Waals surface area contributed by atoms with Crippen LogP contribution in [0.4, 0.5) is 0 Å². The number of hydrogen-bond donors (Lipinski definition) is 5. The first-order valence-corrected chi connectivity index (χ1v) is 13.1. The Morgan fingerprint density at radius 1 is 0.780 bits per heavy atom. The zero-order chi connectivity index (χ0) is 32.4. The molecule has 2 unspecified atom stereocenters. The van der Waals surface area contributed by atoms with Crippen molar-refractivity contribution in [2.45, 2.75) is 66.6 Å². The standard InChI is InChI=1S/C13H24N2O6.C11H16O5.C4H8/c1-9(3-7-16)4-8-21-13(20)12(19)15-6-5-14-11(18)10(2)17;1-7(2)10(13)15-5-9(12)6-16-11(14)8(3)4;1-3-4-2/h9-10,16-17H,3-8H2,1-2H3,(H,14,18)(H,15,19);9,12H,1,3,5-6H2,2,4H3;3-4H,1-2H3. The molecule has 2 amide bonds. The van der Waals surface area contributed by atoms with Crippen molar-refractivity contribution in [3.05, 3.63) is 36.5 Å². The highest BCUT2D eigenvalue weighted by atomic mass is 16.6. The highest BCUT2D eigenvalue weighted by Crippen LogP contribution is 2.06. The highest BCUT2D eigenvalue weighted by molar-refractivity contribution is 6.32. The number of amides is 2. The first kappa shape index (κ1) is 41.9. The number of carbonyl (C=O) groups is 5. The van der Waals surface area contributed by atoms with Crippen LogP contribution >= 0.6 is 0 Å². The molecule has 0 fully saturated rings. The Morgan fingerprint density at radius 2 is 1.24 bits per heavy atom. The molecule has 0 heterocycles. The topological polar surface area (TPSA) is 198 Å². The van der Waals surface area contributed by atoms with Gasteiger partial charge in [-0.25, -0.2) is 14.4 Å². The quantitative estimate of drug-likeness (QED) is 0.0451. The van der Waals surface area contributed by atoms with E-state index < -0.39 is 41.9 Å². The molecule has 0 aromatic heterocycles. The van der Waals surface area contributed by atoms with Gasteiger partial charge in [0.05, 0.1) is 6.61 Å². The van der Waals surface area contributed by atoms with Gasteiger partial charge in [-0.15, -0.1) is 0 Å². The molecule has 5 N–H and O–H groups in total. The number of nitrogens with one attached hydrogen (secondary N) is 2. The summed E-state index contributed by atoms with van der Waals surface area (Å²) in [5.41, 5.74) is 0.484. The predicted octanol–water partition coefficient (Wildman–Crippen LogP) is 0.720. The third-order valence-corrected chi connectivity index (χ3v) is 4.58. The molecule has 0 aromatic carbocycles. The van der Waals surface area contributed by atoms with Gasteiger partial charge in [-0.1, -0.05) is 32.2 Å². The Hall–Kier alpha value is -3.55. The fraction of sp³-hybridized carbons (Fsp3) is 0.607. The lowest BCUT2D eigenvalue weighted by Gasteiger charge is -2.11. The van der Waals surface area contributed by atoms with E-state index in [4.69, 9.17) is 14.9 Å². The summed E-state index contributed by atoms with van der Waals surface area (Å²) >= 11 is 0. The van der Waals surface area contributed by atoms with Crippen molar-refractivity contribution in [1.82, 2.24) is 10.6 Å². The van der Waals surface area contributed by atoms with Crippen LogP contribution in [0.25, 0.3) is 0 Å². The van der Waals surface area contributed by atoms with Crippen molar-refractivity contribution >= 4 is 29.7 Å². The van der Waals surface area contributed by atoms with Crippen LogP contribution in [0.5, 0.6) is 0 Å². The van der Waals surface area contributed by atoms with Crippen LogP contribution in [0.3, 0.4) is 0 Å². The summed E-state index contributed by atoms with van der Waals surface area (Å²) in [5, 5.41) is 31.6. The van der Waals surface area contributed by atoms with Gasteiger partial charge in [-0.05, 0) is 53.4 Å². The van der Waals surface area contributed by atoms with Gasteiger partial charge in [0.25, 0.3) is 0 Å². The number of allylic oxidation sites excluding steroid dienone is 2. The second kappa shape index (κ2) is 26.7. The summed E-state index contributed by atoms with van der Waals surface area (Å²) in [6.45, 7) is 16.9. The molecule has 2 atom stereocenters. The van der Waals surface area contributed by atoms with E-state index >= 15 is 0 Å². The highest BCUT2D eigenvalue weighted by Gasteiger charge is 2.16. The Kier molecular flexibility index (Phi) is 27.3. The molecule has 0 aliphatic heterocycles. The molecule has 0 saturated heterocycles. The van der Waals surface area contributed by atoms with E-state index in [0.717, 1.165) is 0 Å². The molecule has 0 aliphatic carbocycles. The van der Waals surface area contributed by atoms with Crippen LogP contribution in [0.15, 0.2) is 36.5 Å². The Labute approximate surface area is 242 Å². The van der Waals surface area contributed by atoms with Crippen LogP contribution < -0.4 is 10.6 Å². The summed E-state index contributed by atoms with van der Waals surface area (Å²) in [5.74, 6) is -3.38. The van der Waals surface area contributed by atoms with Gasteiger partial charge >= 0.3 is 23.8 Å². The molecule has 0 radical (unpaired) electrons. The van der Waals surface area contributed by atoms with Gasteiger partial charge < -0.3 is 40.2 Å². The van der Waals surface area contributed by atoms with E-state index in [9.17, 15) is 29.1 Å². The predicted molar refractivity (Wildman–Crippen MR) is 152 cm³/mol. The normalized spacial score (nSPS) is 11.5. The van der Waals surface area contributed by atoms with E-state index in [0.29, 0.717) is 12.8 Å². The van der Waals surface area contributed by atoms with Crippen LogP contribution in [0.1, 0.15) is 54.4 Å². The number of ether oxygens (including phenoxy) is 3. The largest absolute Gasteiger partial charge is 0.459 e. The molecule has 0 saturated carbocycles. The number of aliphatic hydroxyl groups excluding tert-OH is 3. The van der Waals surface area contributed by atoms with Crippen molar-refractivity contribution in [3.8, 4) is 0 Å². The Morgan fingerprint density at radius 3 is 1.63 bits per heavy atom. The summed E-state index contributed by atoms with van der Waals surface area (Å²) in [6, 6.07) is 0. The van der Waals surface area contributed by atoms with Crippen molar-refractivity contribution in [2.24, 2.45) is 5.92 Å². The van der Waals surface area contributed by atoms with E-state index in [2.05, 4.69) is 33.3 Å². The third-order valence-electron chi connectivity index (χ3n) is 4.58. The summed E-state index contributed by atoms with van der Waals surface area (Å²) in [4.78, 5) is 55.5. The van der Waals surface area contributed by atoms with Gasteiger partial charge in [0.1, 0.15) is 25.4 Å². The van der Waals surface area contributed by atoms with Gasteiger partial charge in [0.2, 0.25) is 5.91 Å². The van der Waals surface area contributed by atoms with Gasteiger partial charge in [0, 0.05) is 30.8 Å². The number of esters is 3. The number of hydrogen-bond acceptors (Lipinski definition) is 11. The Balaban J connectivity index is -0.000000639. The Bertz CT molecular complexity index is 820. The van der Waals surface area contributed by atoms with Gasteiger partial charge in [-0.2, -0.15) is 0 Å². The minimum atomic E-state index is -1.12. The third kappa shape index (κ3) is 27.8. The van der Waals surface area contributed by atoms with Crippen LogP contribution in [0, 0.1) is 5.92 Å². The molecule has 41 heavy (non-hydrogen) atoms. The summed E-state index contributed by atoms with van der Waals surface area (Å²) in [6.07, 6.45) is 3.02. The maximum Gasteiger partial charge on any atom is 0.396 e. The molecule has 13 nitrogen and oxygen atoms in total.